The molecule has 0 fully saturated rings. The minimum Gasteiger partial charge on any atom is -0.351 e. The summed E-state index contributed by atoms with van der Waals surface area (Å²) in [5, 5.41) is 6.86. The minimum atomic E-state index is -0.735. The van der Waals surface area contributed by atoms with Crippen LogP contribution in [0.15, 0.2) is 46.7 Å². The first-order chi connectivity index (χ1) is 13.4. The number of carbonyl (C=O) groups is 2. The zero-order chi connectivity index (χ0) is 20.1. The Morgan fingerprint density at radius 2 is 1.89 bits per heavy atom. The highest BCUT2D eigenvalue weighted by molar-refractivity contribution is 7.14. The van der Waals surface area contributed by atoms with E-state index in [0.717, 1.165) is 23.5 Å². The number of rotatable bonds is 6. The summed E-state index contributed by atoms with van der Waals surface area (Å²) in [4.78, 5) is 41.6. The van der Waals surface area contributed by atoms with E-state index >= 15 is 0 Å². The van der Waals surface area contributed by atoms with Crippen LogP contribution in [0.2, 0.25) is 0 Å². The molecule has 0 unspecified atom stereocenters. The third-order valence-corrected chi connectivity index (χ3v) is 4.49. The normalized spacial score (nSPS) is 10.5. The Kier molecular flexibility index (Phi) is 5.90. The second-order valence-electron chi connectivity index (χ2n) is 5.69. The number of aromatic amines is 1. The van der Waals surface area contributed by atoms with Gasteiger partial charge in [0.25, 0.3) is 5.91 Å². The molecule has 3 N–H and O–H groups in total. The summed E-state index contributed by atoms with van der Waals surface area (Å²) in [6.07, 6.45) is 1.17. The first-order valence-electron chi connectivity index (χ1n) is 8.06. The predicted molar refractivity (Wildman–Crippen MR) is 99.0 cm³/mol. The van der Waals surface area contributed by atoms with E-state index < -0.39 is 23.4 Å². The van der Waals surface area contributed by atoms with Gasteiger partial charge in [0, 0.05) is 29.8 Å². The molecule has 0 atom stereocenters. The largest absolute Gasteiger partial charge is 0.351 e. The number of H-pyrrole nitrogens is 1. The number of halogens is 2. The van der Waals surface area contributed by atoms with Crippen molar-refractivity contribution < 1.29 is 18.4 Å². The highest BCUT2D eigenvalue weighted by Crippen LogP contribution is 2.17. The molecule has 3 aromatic rings. The van der Waals surface area contributed by atoms with Crippen molar-refractivity contribution in [2.75, 3.05) is 5.32 Å². The molecule has 2 amide bonds. The number of carbonyl (C=O) groups excluding carboxylic acids is 2. The van der Waals surface area contributed by atoms with Crippen LogP contribution in [0, 0.1) is 11.6 Å². The average Bonchev–Trinajstić information content (AvgIpc) is 3.08. The fourth-order valence-electron chi connectivity index (χ4n) is 2.28. The first kappa shape index (κ1) is 19.4. The number of anilines is 1. The molecule has 28 heavy (non-hydrogen) atoms. The third-order valence-electron chi connectivity index (χ3n) is 3.68. The molecule has 7 nitrogen and oxygen atoms in total. The van der Waals surface area contributed by atoms with Crippen LogP contribution in [0.1, 0.15) is 21.6 Å². The SMILES string of the molecule is O=C(Cc1csc(NC(=O)c2ccc(=O)[nH]c2)n1)NCc1c(F)cccc1F. The van der Waals surface area contributed by atoms with Gasteiger partial charge in [-0.2, -0.15) is 0 Å². The Morgan fingerprint density at radius 3 is 2.57 bits per heavy atom. The first-order valence-corrected chi connectivity index (χ1v) is 8.94. The van der Waals surface area contributed by atoms with Gasteiger partial charge in [-0.3, -0.25) is 19.7 Å². The van der Waals surface area contributed by atoms with Crippen molar-refractivity contribution in [3.8, 4) is 0 Å². The van der Waals surface area contributed by atoms with E-state index in [0.29, 0.717) is 5.69 Å². The van der Waals surface area contributed by atoms with Crippen molar-refractivity contribution in [1.29, 1.82) is 0 Å². The van der Waals surface area contributed by atoms with Gasteiger partial charge in [0.05, 0.1) is 17.7 Å². The lowest BCUT2D eigenvalue weighted by molar-refractivity contribution is -0.120. The number of thiazole rings is 1. The third kappa shape index (κ3) is 4.86. The summed E-state index contributed by atoms with van der Waals surface area (Å²) in [5.41, 5.74) is 0.103. The summed E-state index contributed by atoms with van der Waals surface area (Å²) < 4.78 is 27.1. The van der Waals surface area contributed by atoms with Gasteiger partial charge in [-0.05, 0) is 18.2 Å². The van der Waals surface area contributed by atoms with Gasteiger partial charge in [0.15, 0.2) is 5.13 Å². The van der Waals surface area contributed by atoms with Crippen LogP contribution >= 0.6 is 11.3 Å². The Balaban J connectivity index is 1.55. The number of pyridine rings is 1. The molecule has 0 saturated heterocycles. The van der Waals surface area contributed by atoms with Crippen LogP contribution in [0.3, 0.4) is 0 Å². The molecule has 0 radical (unpaired) electrons. The van der Waals surface area contributed by atoms with Gasteiger partial charge in [-0.1, -0.05) is 6.07 Å². The molecule has 10 heteroatoms. The van der Waals surface area contributed by atoms with Crippen molar-refractivity contribution in [2.24, 2.45) is 0 Å². The molecule has 0 bridgehead atoms. The summed E-state index contributed by atoms with van der Waals surface area (Å²) in [6, 6.07) is 6.07. The maximum atomic E-state index is 13.6. The lowest BCUT2D eigenvalue weighted by atomic mass is 10.2. The molecule has 144 valence electrons. The van der Waals surface area contributed by atoms with Crippen molar-refractivity contribution in [1.82, 2.24) is 15.3 Å². The van der Waals surface area contributed by atoms with Crippen molar-refractivity contribution >= 4 is 28.3 Å². The van der Waals surface area contributed by atoms with E-state index in [4.69, 9.17) is 0 Å². The fraction of sp³-hybridized carbons (Fsp3) is 0.111. The minimum absolute atomic E-state index is 0.110. The van der Waals surface area contributed by atoms with Crippen LogP contribution in [0.5, 0.6) is 0 Å². The molecule has 0 saturated carbocycles. The number of amides is 2. The topological polar surface area (TPSA) is 104 Å². The van der Waals surface area contributed by atoms with Gasteiger partial charge < -0.3 is 10.3 Å². The van der Waals surface area contributed by atoms with Crippen molar-refractivity contribution in [2.45, 2.75) is 13.0 Å². The number of aromatic nitrogens is 2. The molecular formula is C18H14F2N4O3S. The van der Waals surface area contributed by atoms with Gasteiger partial charge in [0.1, 0.15) is 11.6 Å². The predicted octanol–water partition coefficient (Wildman–Crippen LogP) is 2.22. The van der Waals surface area contributed by atoms with Crippen LogP contribution in [-0.2, 0) is 17.8 Å². The molecule has 2 aromatic heterocycles. The van der Waals surface area contributed by atoms with Crippen LogP contribution in [-0.4, -0.2) is 21.8 Å². The van der Waals surface area contributed by atoms with E-state index in [1.54, 1.807) is 5.38 Å². The van der Waals surface area contributed by atoms with Crippen molar-refractivity contribution in [3.05, 3.63) is 80.7 Å². The molecule has 0 spiro atoms. The molecule has 0 aliphatic carbocycles. The Bertz CT molecular complexity index is 1040. The second-order valence-corrected chi connectivity index (χ2v) is 6.55. The summed E-state index contributed by atoms with van der Waals surface area (Å²) in [5.74, 6) is -2.40. The summed E-state index contributed by atoms with van der Waals surface area (Å²) in [7, 11) is 0. The van der Waals surface area contributed by atoms with E-state index in [-0.39, 0.29) is 34.8 Å². The van der Waals surface area contributed by atoms with Crippen molar-refractivity contribution in [3.63, 3.8) is 0 Å². The number of nitrogens with one attached hydrogen (secondary N) is 3. The summed E-state index contributed by atoms with van der Waals surface area (Å²) >= 11 is 1.12. The standard InChI is InChI=1S/C18H14F2N4O3S/c19-13-2-1-3-14(20)12(13)8-22-16(26)6-11-9-28-18(23-11)24-17(27)10-4-5-15(25)21-7-10/h1-5,7,9H,6,8H2,(H,21,25)(H,22,26)(H,23,24,27). The van der Waals surface area contributed by atoms with E-state index in [2.05, 4.69) is 20.6 Å². The number of hydrogen-bond acceptors (Lipinski definition) is 5. The van der Waals surface area contributed by atoms with E-state index in [1.807, 2.05) is 0 Å². The number of benzene rings is 1. The van der Waals surface area contributed by atoms with Gasteiger partial charge in [-0.15, -0.1) is 11.3 Å². The number of hydrogen-bond donors (Lipinski definition) is 3. The maximum absolute atomic E-state index is 13.6. The zero-order valence-electron chi connectivity index (χ0n) is 14.3. The highest BCUT2D eigenvalue weighted by atomic mass is 32.1. The van der Waals surface area contributed by atoms with E-state index in [9.17, 15) is 23.2 Å². The molecule has 0 aliphatic heterocycles. The molecule has 1 aromatic carbocycles. The highest BCUT2D eigenvalue weighted by Gasteiger charge is 2.13. The zero-order valence-corrected chi connectivity index (χ0v) is 15.1. The molecule has 2 heterocycles. The lowest BCUT2D eigenvalue weighted by Gasteiger charge is -2.06. The van der Waals surface area contributed by atoms with Crippen LogP contribution < -0.4 is 16.2 Å². The van der Waals surface area contributed by atoms with Gasteiger partial charge >= 0.3 is 0 Å². The monoisotopic (exact) mass is 404 g/mol. The second kappa shape index (κ2) is 8.53. The van der Waals surface area contributed by atoms with Crippen LogP contribution in [0.25, 0.3) is 0 Å². The lowest BCUT2D eigenvalue weighted by Crippen LogP contribution is -2.25. The molecule has 0 aliphatic rings. The Hall–Kier alpha value is -3.40. The quantitative estimate of drug-likeness (QED) is 0.586. The number of nitrogens with zero attached hydrogens (tertiary/aromatic N) is 1. The van der Waals surface area contributed by atoms with E-state index in [1.165, 1.54) is 24.4 Å². The Labute approximate surface area is 161 Å². The smallest absolute Gasteiger partial charge is 0.258 e. The van der Waals surface area contributed by atoms with Crippen LogP contribution in [0.4, 0.5) is 13.9 Å². The fourth-order valence-corrected chi connectivity index (χ4v) is 2.99. The maximum Gasteiger partial charge on any atom is 0.258 e. The molecular weight excluding hydrogens is 390 g/mol. The molecule has 3 rings (SSSR count). The Morgan fingerprint density at radius 1 is 1.14 bits per heavy atom. The van der Waals surface area contributed by atoms with Gasteiger partial charge in [0.2, 0.25) is 11.5 Å². The van der Waals surface area contributed by atoms with Gasteiger partial charge in [-0.25, -0.2) is 13.8 Å². The summed E-state index contributed by atoms with van der Waals surface area (Å²) in [6.45, 7) is -0.280. The average molecular weight is 404 g/mol.